The molecule has 0 radical (unpaired) electrons. The summed E-state index contributed by atoms with van der Waals surface area (Å²) < 4.78 is 31.7. The second-order valence-electron chi connectivity index (χ2n) is 3.91. The Kier molecular flexibility index (Phi) is 4.50. The zero-order chi connectivity index (χ0) is 13.1. The lowest BCUT2D eigenvalue weighted by Crippen LogP contribution is -2.37. The molecule has 17 heavy (non-hydrogen) atoms. The molecule has 0 aromatic heterocycles. The van der Waals surface area contributed by atoms with Gasteiger partial charge in [0.2, 0.25) is 10.0 Å². The molecule has 0 spiro atoms. The number of nitrogens with two attached hydrogens (primary N) is 1. The average Bonchev–Trinajstić information content (AvgIpc) is 2.28. The maximum atomic E-state index is 12.1. The first-order chi connectivity index (χ1) is 7.90. The van der Waals surface area contributed by atoms with Gasteiger partial charge in [-0.1, -0.05) is 6.07 Å². The molecular weight excluding hydrogens is 240 g/mol. The zero-order valence-corrected chi connectivity index (χ0v) is 11.0. The van der Waals surface area contributed by atoms with Crippen molar-refractivity contribution in [2.24, 2.45) is 5.73 Å². The van der Waals surface area contributed by atoms with Crippen molar-refractivity contribution < 1.29 is 13.2 Å². The number of hydrogen-bond acceptors (Lipinski definition) is 4. The van der Waals surface area contributed by atoms with E-state index in [-0.39, 0.29) is 17.5 Å². The number of rotatable bonds is 5. The topological polar surface area (TPSA) is 81.4 Å². The van der Waals surface area contributed by atoms with Crippen LogP contribution in [-0.2, 0) is 10.0 Å². The van der Waals surface area contributed by atoms with Crippen molar-refractivity contribution in [1.82, 2.24) is 4.72 Å². The van der Waals surface area contributed by atoms with Gasteiger partial charge in [0, 0.05) is 12.6 Å². The monoisotopic (exact) mass is 258 g/mol. The van der Waals surface area contributed by atoms with Crippen LogP contribution in [0.2, 0.25) is 0 Å². The fraction of sp³-hybridized carbons (Fsp3) is 0.455. The van der Waals surface area contributed by atoms with E-state index in [1.54, 1.807) is 25.1 Å². The summed E-state index contributed by atoms with van der Waals surface area (Å²) in [6.07, 6.45) is 0. The zero-order valence-electron chi connectivity index (χ0n) is 10.2. The van der Waals surface area contributed by atoms with Gasteiger partial charge >= 0.3 is 0 Å². The third kappa shape index (κ3) is 3.42. The minimum atomic E-state index is -3.59. The van der Waals surface area contributed by atoms with Gasteiger partial charge in [0.15, 0.2) is 0 Å². The van der Waals surface area contributed by atoms with Crippen molar-refractivity contribution >= 4 is 10.0 Å². The van der Waals surface area contributed by atoms with Crippen molar-refractivity contribution in [3.8, 4) is 5.75 Å². The largest absolute Gasteiger partial charge is 0.495 e. The smallest absolute Gasteiger partial charge is 0.244 e. The van der Waals surface area contributed by atoms with Crippen LogP contribution in [0.25, 0.3) is 0 Å². The second-order valence-corrected chi connectivity index (χ2v) is 5.59. The fourth-order valence-corrected chi connectivity index (χ4v) is 2.88. The second kappa shape index (κ2) is 5.48. The van der Waals surface area contributed by atoms with Crippen LogP contribution >= 0.6 is 0 Å². The number of aryl methyl sites for hydroxylation is 1. The first-order valence-electron chi connectivity index (χ1n) is 5.27. The molecule has 0 amide bonds. The molecule has 96 valence electrons. The molecule has 0 aliphatic heterocycles. The Bertz CT molecular complexity index is 485. The highest BCUT2D eigenvalue weighted by atomic mass is 32.2. The molecule has 0 fully saturated rings. The van der Waals surface area contributed by atoms with Gasteiger partial charge in [-0.15, -0.1) is 0 Å². The van der Waals surface area contributed by atoms with Crippen LogP contribution < -0.4 is 15.2 Å². The molecule has 0 unspecified atom stereocenters. The van der Waals surface area contributed by atoms with Crippen molar-refractivity contribution in [2.75, 3.05) is 13.7 Å². The molecule has 0 saturated carbocycles. The summed E-state index contributed by atoms with van der Waals surface area (Å²) in [7, 11) is -2.15. The Morgan fingerprint density at radius 1 is 1.47 bits per heavy atom. The van der Waals surface area contributed by atoms with Crippen LogP contribution in [0.5, 0.6) is 5.75 Å². The number of hydrogen-bond donors (Lipinski definition) is 2. The van der Waals surface area contributed by atoms with Gasteiger partial charge in [0.05, 0.1) is 7.11 Å². The third-order valence-electron chi connectivity index (χ3n) is 2.32. The summed E-state index contributed by atoms with van der Waals surface area (Å²) in [6.45, 7) is 3.78. The summed E-state index contributed by atoms with van der Waals surface area (Å²) in [5, 5.41) is 0. The van der Waals surface area contributed by atoms with Crippen molar-refractivity contribution in [3.63, 3.8) is 0 Å². The van der Waals surface area contributed by atoms with Crippen LogP contribution in [0.15, 0.2) is 23.1 Å². The highest BCUT2D eigenvalue weighted by molar-refractivity contribution is 7.89. The Balaban J connectivity index is 3.18. The van der Waals surface area contributed by atoms with E-state index in [1.165, 1.54) is 7.11 Å². The van der Waals surface area contributed by atoms with E-state index in [0.29, 0.717) is 5.75 Å². The standard InChI is InChI=1S/C11H18N2O3S/c1-8-4-5-10(16-3)11(6-8)17(14,15)13-9(2)7-12/h4-6,9,13H,7,12H2,1-3H3/t9-/m0/s1. The molecule has 1 atom stereocenters. The Morgan fingerprint density at radius 3 is 2.65 bits per heavy atom. The third-order valence-corrected chi connectivity index (χ3v) is 3.93. The van der Waals surface area contributed by atoms with Crippen molar-refractivity contribution in [2.45, 2.75) is 24.8 Å². The van der Waals surface area contributed by atoms with Crippen molar-refractivity contribution in [3.05, 3.63) is 23.8 Å². The highest BCUT2D eigenvalue weighted by Gasteiger charge is 2.21. The lowest BCUT2D eigenvalue weighted by molar-refractivity contribution is 0.402. The number of nitrogens with one attached hydrogen (secondary N) is 1. The molecular formula is C11H18N2O3S. The summed E-state index contributed by atoms with van der Waals surface area (Å²) in [5.74, 6) is 0.326. The molecule has 1 aromatic rings. The van der Waals surface area contributed by atoms with E-state index >= 15 is 0 Å². The molecule has 1 aromatic carbocycles. The number of sulfonamides is 1. The van der Waals surface area contributed by atoms with E-state index in [1.807, 2.05) is 6.92 Å². The Labute approximate surface area is 102 Å². The molecule has 6 heteroatoms. The molecule has 1 rings (SSSR count). The van der Waals surface area contributed by atoms with E-state index in [2.05, 4.69) is 4.72 Å². The van der Waals surface area contributed by atoms with Gasteiger partial charge in [-0.2, -0.15) is 0 Å². The van der Waals surface area contributed by atoms with Gasteiger partial charge in [-0.05, 0) is 31.5 Å². The predicted octanol–water partition coefficient (Wildman–Crippen LogP) is 0.629. The van der Waals surface area contributed by atoms with Crippen molar-refractivity contribution in [1.29, 1.82) is 0 Å². The first-order valence-corrected chi connectivity index (χ1v) is 6.76. The van der Waals surface area contributed by atoms with Crippen LogP contribution in [0, 0.1) is 6.92 Å². The molecule has 0 bridgehead atoms. The summed E-state index contributed by atoms with van der Waals surface area (Å²) in [5.41, 5.74) is 6.25. The summed E-state index contributed by atoms with van der Waals surface area (Å²) >= 11 is 0. The highest BCUT2D eigenvalue weighted by Crippen LogP contribution is 2.24. The van der Waals surface area contributed by atoms with E-state index < -0.39 is 10.0 Å². The summed E-state index contributed by atoms with van der Waals surface area (Å²) in [4.78, 5) is 0.139. The van der Waals surface area contributed by atoms with E-state index in [9.17, 15) is 8.42 Å². The maximum Gasteiger partial charge on any atom is 0.244 e. The van der Waals surface area contributed by atoms with Gasteiger partial charge < -0.3 is 10.5 Å². The predicted molar refractivity (Wildman–Crippen MR) is 66.6 cm³/mol. The average molecular weight is 258 g/mol. The molecule has 3 N–H and O–H groups in total. The van der Waals surface area contributed by atoms with Crippen LogP contribution in [0.3, 0.4) is 0 Å². The van der Waals surface area contributed by atoms with Gasteiger partial charge in [-0.3, -0.25) is 0 Å². The van der Waals surface area contributed by atoms with Gasteiger partial charge in [-0.25, -0.2) is 13.1 Å². The lowest BCUT2D eigenvalue weighted by Gasteiger charge is -2.14. The number of ether oxygens (including phenoxy) is 1. The molecule has 0 saturated heterocycles. The quantitative estimate of drug-likeness (QED) is 0.811. The number of benzene rings is 1. The minimum Gasteiger partial charge on any atom is -0.495 e. The normalized spacial score (nSPS) is 13.4. The first kappa shape index (κ1) is 14.0. The van der Waals surface area contributed by atoms with Crippen LogP contribution in [0.1, 0.15) is 12.5 Å². The van der Waals surface area contributed by atoms with E-state index in [0.717, 1.165) is 5.56 Å². The Morgan fingerprint density at radius 2 is 2.12 bits per heavy atom. The van der Waals surface area contributed by atoms with Gasteiger partial charge in [0.25, 0.3) is 0 Å². The molecule has 5 nitrogen and oxygen atoms in total. The molecule has 0 heterocycles. The van der Waals surface area contributed by atoms with Crippen LogP contribution in [0.4, 0.5) is 0 Å². The minimum absolute atomic E-state index is 0.139. The fourth-order valence-electron chi connectivity index (χ4n) is 1.37. The SMILES string of the molecule is COc1ccc(C)cc1S(=O)(=O)N[C@@H](C)CN. The summed E-state index contributed by atoms with van der Waals surface area (Å²) in [6, 6.07) is 4.69. The van der Waals surface area contributed by atoms with Gasteiger partial charge in [0.1, 0.15) is 10.6 Å². The maximum absolute atomic E-state index is 12.1. The number of methoxy groups -OCH3 is 1. The molecule has 0 aliphatic rings. The van der Waals surface area contributed by atoms with E-state index in [4.69, 9.17) is 10.5 Å². The lowest BCUT2D eigenvalue weighted by atomic mass is 10.2. The Hall–Kier alpha value is -1.11. The molecule has 0 aliphatic carbocycles. The van der Waals surface area contributed by atoms with Crippen LogP contribution in [-0.4, -0.2) is 28.1 Å².